The molecular weight excluding hydrogens is 224 g/mol. The smallest absolute Gasteiger partial charge is 0.193 e. The Kier molecular flexibility index (Phi) is 4.31. The van der Waals surface area contributed by atoms with Gasteiger partial charge in [0, 0.05) is 0 Å². The lowest BCUT2D eigenvalue weighted by atomic mass is 9.80. The van der Waals surface area contributed by atoms with Crippen molar-refractivity contribution in [3.63, 3.8) is 0 Å². The monoisotopic (exact) mass is 254 g/mol. The predicted molar refractivity (Wildman–Crippen MR) is 78.9 cm³/mol. The van der Waals surface area contributed by atoms with E-state index in [9.17, 15) is 0 Å². The SMILES string of the molecule is C=C(C)C1(O[Si](C)(C)C(C)(C)C)CCCCC1. The molecule has 1 saturated carbocycles. The molecule has 0 N–H and O–H groups in total. The summed E-state index contributed by atoms with van der Waals surface area (Å²) in [4.78, 5) is 0. The van der Waals surface area contributed by atoms with Crippen LogP contribution in [0.4, 0.5) is 0 Å². The molecule has 0 aromatic carbocycles. The van der Waals surface area contributed by atoms with Crippen molar-refractivity contribution in [2.75, 3.05) is 0 Å². The lowest BCUT2D eigenvalue weighted by Gasteiger charge is -2.48. The van der Waals surface area contributed by atoms with Gasteiger partial charge in [0.25, 0.3) is 0 Å². The van der Waals surface area contributed by atoms with Crippen molar-refractivity contribution in [2.45, 2.75) is 83.5 Å². The zero-order valence-electron chi connectivity index (χ0n) is 12.7. The highest BCUT2D eigenvalue weighted by molar-refractivity contribution is 6.74. The summed E-state index contributed by atoms with van der Waals surface area (Å²) in [7, 11) is -1.69. The fourth-order valence-corrected chi connectivity index (χ4v) is 4.04. The number of hydrogen-bond acceptors (Lipinski definition) is 1. The first-order valence-corrected chi connectivity index (χ1v) is 9.88. The van der Waals surface area contributed by atoms with Crippen LogP contribution >= 0.6 is 0 Å². The van der Waals surface area contributed by atoms with Gasteiger partial charge in [-0.15, -0.1) is 0 Å². The predicted octanol–water partition coefficient (Wildman–Crippen LogP) is 5.29. The molecule has 0 spiro atoms. The Balaban J connectivity index is 2.91. The molecule has 0 aromatic rings. The van der Waals surface area contributed by atoms with E-state index in [1.807, 2.05) is 0 Å². The highest BCUT2D eigenvalue weighted by Crippen LogP contribution is 2.45. The molecule has 1 aliphatic carbocycles. The van der Waals surface area contributed by atoms with E-state index in [-0.39, 0.29) is 10.6 Å². The molecule has 1 nitrogen and oxygen atoms in total. The summed E-state index contributed by atoms with van der Waals surface area (Å²) in [5, 5.41) is 0.285. The summed E-state index contributed by atoms with van der Waals surface area (Å²) in [5.74, 6) is 0. The quantitative estimate of drug-likeness (QED) is 0.491. The Morgan fingerprint density at radius 2 is 1.59 bits per heavy atom. The van der Waals surface area contributed by atoms with Gasteiger partial charge in [-0.1, -0.05) is 52.2 Å². The van der Waals surface area contributed by atoms with E-state index in [1.165, 1.54) is 37.7 Å². The van der Waals surface area contributed by atoms with Gasteiger partial charge in [0.15, 0.2) is 8.32 Å². The van der Waals surface area contributed by atoms with Gasteiger partial charge in [-0.25, -0.2) is 0 Å². The molecule has 0 aromatic heterocycles. The van der Waals surface area contributed by atoms with Crippen molar-refractivity contribution in [2.24, 2.45) is 0 Å². The van der Waals surface area contributed by atoms with E-state index in [0.29, 0.717) is 0 Å². The molecule has 1 aliphatic rings. The molecular formula is C15H30OSi. The molecule has 0 amide bonds. The van der Waals surface area contributed by atoms with Gasteiger partial charge in [0.1, 0.15) is 0 Å². The molecule has 0 bridgehead atoms. The van der Waals surface area contributed by atoms with Crippen LogP contribution in [0.5, 0.6) is 0 Å². The summed E-state index contributed by atoms with van der Waals surface area (Å²) >= 11 is 0. The van der Waals surface area contributed by atoms with E-state index >= 15 is 0 Å². The molecule has 0 radical (unpaired) electrons. The van der Waals surface area contributed by atoms with Crippen molar-refractivity contribution < 1.29 is 4.43 Å². The van der Waals surface area contributed by atoms with Gasteiger partial charge < -0.3 is 4.43 Å². The van der Waals surface area contributed by atoms with Gasteiger partial charge in [-0.3, -0.25) is 0 Å². The maximum absolute atomic E-state index is 6.73. The second kappa shape index (κ2) is 4.89. The first-order valence-electron chi connectivity index (χ1n) is 6.97. The summed E-state index contributed by atoms with van der Waals surface area (Å²) in [6.07, 6.45) is 6.29. The molecule has 0 unspecified atom stereocenters. The van der Waals surface area contributed by atoms with Crippen LogP contribution in [-0.4, -0.2) is 13.9 Å². The van der Waals surface area contributed by atoms with E-state index < -0.39 is 8.32 Å². The zero-order chi connectivity index (χ0) is 13.3. The first-order chi connectivity index (χ1) is 7.61. The fourth-order valence-electron chi connectivity index (χ4n) is 2.38. The molecule has 0 aliphatic heterocycles. The highest BCUT2D eigenvalue weighted by Gasteiger charge is 2.45. The van der Waals surface area contributed by atoms with Crippen molar-refractivity contribution in [1.29, 1.82) is 0 Å². The van der Waals surface area contributed by atoms with Crippen LogP contribution < -0.4 is 0 Å². The average Bonchev–Trinajstić information content (AvgIpc) is 2.16. The molecule has 2 heteroatoms. The molecule has 1 fully saturated rings. The molecule has 0 atom stereocenters. The molecule has 17 heavy (non-hydrogen) atoms. The summed E-state index contributed by atoms with van der Waals surface area (Å²) in [6, 6.07) is 0. The van der Waals surface area contributed by atoms with Crippen LogP contribution in [0.15, 0.2) is 12.2 Å². The maximum Gasteiger partial charge on any atom is 0.193 e. The Bertz CT molecular complexity index is 280. The highest BCUT2D eigenvalue weighted by atomic mass is 28.4. The third kappa shape index (κ3) is 3.23. The second-order valence-corrected chi connectivity index (χ2v) is 11.9. The summed E-state index contributed by atoms with van der Waals surface area (Å²) < 4.78 is 6.73. The minimum atomic E-state index is -1.69. The van der Waals surface area contributed by atoms with E-state index in [0.717, 1.165) is 0 Å². The molecule has 1 rings (SSSR count). The van der Waals surface area contributed by atoms with E-state index in [4.69, 9.17) is 4.43 Å². The van der Waals surface area contributed by atoms with Crippen LogP contribution in [0, 0.1) is 0 Å². The van der Waals surface area contributed by atoms with E-state index in [2.05, 4.69) is 47.4 Å². The van der Waals surface area contributed by atoms with E-state index in [1.54, 1.807) is 0 Å². The van der Waals surface area contributed by atoms with Crippen LogP contribution in [0.2, 0.25) is 18.1 Å². The Hall–Kier alpha value is -0.0831. The van der Waals surface area contributed by atoms with Crippen molar-refractivity contribution in [3.05, 3.63) is 12.2 Å². The van der Waals surface area contributed by atoms with Crippen molar-refractivity contribution in [3.8, 4) is 0 Å². The van der Waals surface area contributed by atoms with Crippen molar-refractivity contribution >= 4 is 8.32 Å². The van der Waals surface area contributed by atoms with Gasteiger partial charge in [0.2, 0.25) is 0 Å². The van der Waals surface area contributed by atoms with Gasteiger partial charge >= 0.3 is 0 Å². The largest absolute Gasteiger partial charge is 0.408 e. The number of hydrogen-bond donors (Lipinski definition) is 0. The standard InChI is InChI=1S/C15H30OSi/c1-13(2)15(11-9-8-10-12-15)16-17(6,7)14(3,4)5/h1,8-12H2,2-7H3. The maximum atomic E-state index is 6.73. The normalized spacial score (nSPS) is 21.3. The zero-order valence-corrected chi connectivity index (χ0v) is 13.7. The minimum absolute atomic E-state index is 0.0126. The Labute approximate surface area is 109 Å². The summed E-state index contributed by atoms with van der Waals surface area (Å²) in [6.45, 7) is 18.0. The van der Waals surface area contributed by atoms with Crippen LogP contribution in [0.25, 0.3) is 0 Å². The lowest BCUT2D eigenvalue weighted by molar-refractivity contribution is 0.0515. The van der Waals surface area contributed by atoms with Gasteiger partial charge in [-0.05, 0) is 37.9 Å². The van der Waals surface area contributed by atoms with Crippen LogP contribution in [-0.2, 0) is 4.43 Å². The molecule has 100 valence electrons. The van der Waals surface area contributed by atoms with Crippen LogP contribution in [0.3, 0.4) is 0 Å². The van der Waals surface area contributed by atoms with Gasteiger partial charge in [0.05, 0.1) is 5.60 Å². The lowest BCUT2D eigenvalue weighted by Crippen LogP contribution is -2.51. The van der Waals surface area contributed by atoms with Crippen molar-refractivity contribution in [1.82, 2.24) is 0 Å². The van der Waals surface area contributed by atoms with Crippen LogP contribution in [0.1, 0.15) is 59.8 Å². The Morgan fingerprint density at radius 1 is 1.12 bits per heavy atom. The number of rotatable bonds is 3. The Morgan fingerprint density at radius 3 is 1.94 bits per heavy atom. The molecule has 0 saturated heterocycles. The third-order valence-corrected chi connectivity index (χ3v) is 9.21. The van der Waals surface area contributed by atoms with Gasteiger partial charge in [-0.2, -0.15) is 0 Å². The summed E-state index contributed by atoms with van der Waals surface area (Å²) in [5.41, 5.74) is 1.23. The third-order valence-electron chi connectivity index (χ3n) is 4.70. The topological polar surface area (TPSA) is 9.23 Å². The molecule has 0 heterocycles. The minimum Gasteiger partial charge on any atom is -0.408 e. The average molecular weight is 254 g/mol. The first kappa shape index (κ1) is 15.0. The second-order valence-electron chi connectivity index (χ2n) is 7.20. The fraction of sp³-hybridized carbons (Fsp3) is 0.867.